The number of carbonyl (C=O) groups excluding carboxylic acids is 1. The van der Waals surface area contributed by atoms with Crippen LogP contribution >= 0.6 is 23.4 Å². The minimum atomic E-state index is -0.336. The molecule has 0 aromatic heterocycles. The van der Waals surface area contributed by atoms with E-state index in [2.05, 4.69) is 0 Å². The Bertz CT molecular complexity index is 301. The second-order valence-electron chi connectivity index (χ2n) is 2.35. The van der Waals surface area contributed by atoms with E-state index < -0.39 is 0 Å². The maximum absolute atomic E-state index is 11.3. The van der Waals surface area contributed by atoms with Gasteiger partial charge in [-0.15, -0.1) is 11.8 Å². The fourth-order valence-electron chi connectivity index (χ4n) is 0.811. The van der Waals surface area contributed by atoms with Crippen molar-refractivity contribution in [2.24, 2.45) is 0 Å². The molecule has 0 aliphatic heterocycles. The van der Waals surface area contributed by atoms with Crippen LogP contribution in [-0.4, -0.2) is 18.2 Å². The van der Waals surface area contributed by atoms with Crippen LogP contribution in [0.2, 0.25) is 5.02 Å². The molecule has 1 rings (SSSR count). The molecule has 0 saturated carbocycles. The molecule has 2 nitrogen and oxygen atoms in total. The van der Waals surface area contributed by atoms with E-state index in [1.807, 2.05) is 6.26 Å². The van der Waals surface area contributed by atoms with Crippen LogP contribution in [0.4, 0.5) is 0 Å². The lowest BCUT2D eigenvalue weighted by molar-refractivity contribution is 0.0579. The maximum Gasteiger partial charge on any atom is 0.339 e. The van der Waals surface area contributed by atoms with Crippen molar-refractivity contribution in [2.45, 2.75) is 0 Å². The molecule has 0 fully saturated rings. The minimum Gasteiger partial charge on any atom is -0.451 e. The molecule has 0 atom stereocenters. The quantitative estimate of drug-likeness (QED) is 0.574. The normalized spacial score (nSPS) is 9.69. The average molecular weight is 217 g/mol. The molecule has 0 radical (unpaired) electrons. The van der Waals surface area contributed by atoms with E-state index in [1.165, 1.54) is 11.8 Å². The highest BCUT2D eigenvalue weighted by Gasteiger charge is 2.05. The van der Waals surface area contributed by atoms with E-state index in [0.29, 0.717) is 16.5 Å². The largest absolute Gasteiger partial charge is 0.451 e. The molecule has 70 valence electrons. The number of hydrogen-bond acceptors (Lipinski definition) is 3. The third-order valence-electron chi connectivity index (χ3n) is 1.37. The molecular weight excluding hydrogens is 208 g/mol. The van der Waals surface area contributed by atoms with Crippen molar-refractivity contribution in [1.29, 1.82) is 0 Å². The molecule has 13 heavy (non-hydrogen) atoms. The maximum atomic E-state index is 11.3. The molecule has 1 aromatic rings. The Morgan fingerprint density at radius 2 is 2.38 bits per heavy atom. The zero-order valence-corrected chi connectivity index (χ0v) is 8.69. The Kier molecular flexibility index (Phi) is 4.12. The van der Waals surface area contributed by atoms with Crippen molar-refractivity contribution in [2.75, 3.05) is 12.2 Å². The summed E-state index contributed by atoms with van der Waals surface area (Å²) in [5.41, 5.74) is 0.488. The number of rotatable bonds is 3. The first-order valence-electron chi connectivity index (χ1n) is 3.65. The van der Waals surface area contributed by atoms with Crippen molar-refractivity contribution in [3.63, 3.8) is 0 Å². The molecule has 0 heterocycles. The summed E-state index contributed by atoms with van der Waals surface area (Å²) >= 11 is 7.16. The zero-order chi connectivity index (χ0) is 9.68. The highest BCUT2D eigenvalue weighted by Crippen LogP contribution is 2.11. The number of hydrogen-bond donors (Lipinski definition) is 0. The fourth-order valence-corrected chi connectivity index (χ4v) is 1.23. The highest BCUT2D eigenvalue weighted by molar-refractivity contribution is 7.98. The van der Waals surface area contributed by atoms with Gasteiger partial charge in [0.25, 0.3) is 0 Å². The van der Waals surface area contributed by atoms with Crippen molar-refractivity contribution >= 4 is 29.3 Å². The first-order chi connectivity index (χ1) is 6.24. The molecule has 0 saturated heterocycles. The molecule has 1 aromatic carbocycles. The summed E-state index contributed by atoms with van der Waals surface area (Å²) in [7, 11) is 0. The van der Waals surface area contributed by atoms with Gasteiger partial charge in [-0.2, -0.15) is 0 Å². The minimum absolute atomic E-state index is 0.336. The van der Waals surface area contributed by atoms with E-state index in [9.17, 15) is 4.79 Å². The van der Waals surface area contributed by atoms with Crippen LogP contribution in [0.3, 0.4) is 0 Å². The second kappa shape index (κ2) is 5.14. The summed E-state index contributed by atoms with van der Waals surface area (Å²) in [6.45, 7) is 0. The molecule has 0 aliphatic carbocycles. The van der Waals surface area contributed by atoms with Gasteiger partial charge in [0, 0.05) is 5.02 Å². The van der Waals surface area contributed by atoms with Crippen molar-refractivity contribution in [3.8, 4) is 0 Å². The van der Waals surface area contributed by atoms with Gasteiger partial charge >= 0.3 is 5.97 Å². The van der Waals surface area contributed by atoms with Crippen LogP contribution in [0.5, 0.6) is 0 Å². The van der Waals surface area contributed by atoms with Gasteiger partial charge in [0.1, 0.15) is 5.94 Å². The van der Waals surface area contributed by atoms with Crippen LogP contribution in [0.25, 0.3) is 0 Å². The topological polar surface area (TPSA) is 26.3 Å². The van der Waals surface area contributed by atoms with Crippen molar-refractivity contribution < 1.29 is 9.53 Å². The summed E-state index contributed by atoms with van der Waals surface area (Å²) < 4.78 is 4.90. The van der Waals surface area contributed by atoms with E-state index in [4.69, 9.17) is 16.3 Å². The molecule has 0 unspecified atom stereocenters. The zero-order valence-electron chi connectivity index (χ0n) is 7.12. The molecule has 0 amide bonds. The summed E-state index contributed by atoms with van der Waals surface area (Å²) in [5.74, 6) is 0.0302. The molecule has 0 bridgehead atoms. The van der Waals surface area contributed by atoms with Gasteiger partial charge in [-0.05, 0) is 24.5 Å². The summed E-state index contributed by atoms with van der Waals surface area (Å²) in [6, 6.07) is 6.70. The van der Waals surface area contributed by atoms with Gasteiger partial charge < -0.3 is 4.74 Å². The third-order valence-corrected chi connectivity index (χ3v) is 1.96. The Morgan fingerprint density at radius 3 is 3.00 bits per heavy atom. The smallest absolute Gasteiger partial charge is 0.339 e. The summed E-state index contributed by atoms with van der Waals surface area (Å²) in [6.07, 6.45) is 1.87. The van der Waals surface area contributed by atoms with Crippen LogP contribution in [0.15, 0.2) is 24.3 Å². The Morgan fingerprint density at radius 1 is 1.62 bits per heavy atom. The first-order valence-corrected chi connectivity index (χ1v) is 5.43. The average Bonchev–Trinajstić information content (AvgIpc) is 2.14. The predicted octanol–water partition coefficient (Wildman–Crippen LogP) is 2.82. The number of benzene rings is 1. The van der Waals surface area contributed by atoms with E-state index in [1.54, 1.807) is 24.3 Å². The SMILES string of the molecule is CSCOC(=O)c1cccc(Cl)c1. The van der Waals surface area contributed by atoms with Gasteiger partial charge in [0.05, 0.1) is 5.56 Å². The molecule has 0 N–H and O–H groups in total. The molecular formula is C9H9ClO2S. The second-order valence-corrected chi connectivity index (χ2v) is 3.60. The fraction of sp³-hybridized carbons (Fsp3) is 0.222. The molecule has 0 spiro atoms. The lowest BCUT2D eigenvalue weighted by atomic mass is 10.2. The van der Waals surface area contributed by atoms with Crippen molar-refractivity contribution in [1.82, 2.24) is 0 Å². The lowest BCUT2D eigenvalue weighted by Crippen LogP contribution is -2.03. The van der Waals surface area contributed by atoms with E-state index in [-0.39, 0.29) is 5.97 Å². The number of ether oxygens (including phenoxy) is 1. The highest BCUT2D eigenvalue weighted by atomic mass is 35.5. The van der Waals surface area contributed by atoms with Gasteiger partial charge in [-0.3, -0.25) is 0 Å². The standard InChI is InChI=1S/C9H9ClO2S/c1-13-6-12-9(11)7-3-2-4-8(10)5-7/h2-5H,6H2,1H3. The monoisotopic (exact) mass is 216 g/mol. The predicted molar refractivity (Wildman–Crippen MR) is 55.2 cm³/mol. The number of esters is 1. The Balaban J connectivity index is 2.66. The van der Waals surface area contributed by atoms with E-state index >= 15 is 0 Å². The van der Waals surface area contributed by atoms with Gasteiger partial charge in [-0.1, -0.05) is 17.7 Å². The van der Waals surface area contributed by atoms with Gasteiger partial charge in [0.15, 0.2) is 0 Å². The van der Waals surface area contributed by atoms with Gasteiger partial charge in [-0.25, -0.2) is 4.79 Å². The van der Waals surface area contributed by atoms with E-state index in [0.717, 1.165) is 0 Å². The van der Waals surface area contributed by atoms with Crippen LogP contribution in [0.1, 0.15) is 10.4 Å². The molecule has 4 heteroatoms. The van der Waals surface area contributed by atoms with Crippen LogP contribution in [-0.2, 0) is 4.74 Å². The number of thioether (sulfide) groups is 1. The summed E-state index contributed by atoms with van der Waals surface area (Å²) in [4.78, 5) is 11.3. The van der Waals surface area contributed by atoms with Crippen LogP contribution < -0.4 is 0 Å². The lowest BCUT2D eigenvalue weighted by Gasteiger charge is -2.02. The first kappa shape index (κ1) is 10.4. The Labute approximate surface area is 86.2 Å². The Hall–Kier alpha value is -0.670. The number of halogens is 1. The molecule has 0 aliphatic rings. The van der Waals surface area contributed by atoms with Crippen LogP contribution in [0, 0.1) is 0 Å². The summed E-state index contributed by atoms with van der Waals surface area (Å²) in [5, 5.41) is 0.540. The van der Waals surface area contributed by atoms with Crippen molar-refractivity contribution in [3.05, 3.63) is 34.9 Å². The third kappa shape index (κ3) is 3.28. The number of carbonyl (C=O) groups is 1. The van der Waals surface area contributed by atoms with Gasteiger partial charge in [0.2, 0.25) is 0 Å².